The number of imidazole rings is 1. The number of nitrogens with zero attached hydrogens (tertiary/aromatic N) is 3. The highest BCUT2D eigenvalue weighted by molar-refractivity contribution is 7.22. The monoisotopic (exact) mass is 534 g/mol. The van der Waals surface area contributed by atoms with Gasteiger partial charge in [-0.15, -0.1) is 13.2 Å². The number of thiazole rings is 1. The molecule has 2 aromatic carbocycles. The van der Waals surface area contributed by atoms with Crippen LogP contribution >= 0.6 is 11.3 Å². The van der Waals surface area contributed by atoms with Crippen LogP contribution in [0.1, 0.15) is 56.9 Å². The van der Waals surface area contributed by atoms with E-state index in [2.05, 4.69) is 32.2 Å². The van der Waals surface area contributed by atoms with Crippen molar-refractivity contribution in [2.45, 2.75) is 64.1 Å². The molecule has 0 spiro atoms. The number of carboxylic acid groups (broad SMARTS) is 1. The van der Waals surface area contributed by atoms with Crippen molar-refractivity contribution in [3.8, 4) is 5.75 Å². The first-order valence-corrected chi connectivity index (χ1v) is 13.1. The Hall–Kier alpha value is -3.34. The summed E-state index contributed by atoms with van der Waals surface area (Å²) in [6.07, 6.45) is 3.84. The number of carboxylic acids is 1. The maximum Gasteiger partial charge on any atom is 0.573 e. The van der Waals surface area contributed by atoms with Gasteiger partial charge in [0.25, 0.3) is 0 Å². The van der Waals surface area contributed by atoms with Crippen LogP contribution in [0.25, 0.3) is 21.3 Å². The number of hydrogen-bond donors (Lipinski definition) is 2. The van der Waals surface area contributed by atoms with Gasteiger partial charge in [0.1, 0.15) is 5.75 Å². The molecule has 0 bridgehead atoms. The summed E-state index contributed by atoms with van der Waals surface area (Å²) in [7, 11) is 1.91. The average Bonchev–Trinajstić information content (AvgIpc) is 3.36. The molecular weight excluding hydrogens is 505 g/mol. The lowest BCUT2D eigenvalue weighted by molar-refractivity contribution is -0.274. The molecule has 7 nitrogen and oxygen atoms in total. The van der Waals surface area contributed by atoms with Crippen molar-refractivity contribution in [1.29, 1.82) is 0 Å². The number of anilines is 2. The second kappa shape index (κ2) is 11.8. The minimum absolute atomic E-state index is 0.260. The molecule has 2 aromatic heterocycles. The van der Waals surface area contributed by atoms with Crippen LogP contribution in [-0.2, 0) is 18.3 Å². The molecule has 2 N–H and O–H groups in total. The Morgan fingerprint density at radius 1 is 1.00 bits per heavy atom. The summed E-state index contributed by atoms with van der Waals surface area (Å²) < 4.78 is 44.1. The van der Waals surface area contributed by atoms with Gasteiger partial charge in [0.15, 0.2) is 5.13 Å². The number of benzene rings is 2. The molecule has 4 aromatic rings. The van der Waals surface area contributed by atoms with E-state index in [9.17, 15) is 18.0 Å². The summed E-state index contributed by atoms with van der Waals surface area (Å²) in [5, 5.41) is 12.4. The van der Waals surface area contributed by atoms with Crippen LogP contribution in [0.5, 0.6) is 5.75 Å². The van der Waals surface area contributed by atoms with E-state index in [0.717, 1.165) is 62.4 Å². The summed E-state index contributed by atoms with van der Waals surface area (Å²) in [4.78, 5) is 19.6. The third-order valence-corrected chi connectivity index (χ3v) is 7.05. The molecule has 0 saturated carbocycles. The van der Waals surface area contributed by atoms with E-state index in [4.69, 9.17) is 5.11 Å². The highest BCUT2D eigenvalue weighted by Crippen LogP contribution is 2.33. The van der Waals surface area contributed by atoms with E-state index in [1.165, 1.54) is 35.1 Å². The van der Waals surface area contributed by atoms with Crippen LogP contribution in [0.4, 0.5) is 24.3 Å². The topological polar surface area (TPSA) is 89.3 Å². The van der Waals surface area contributed by atoms with Gasteiger partial charge in [0.2, 0.25) is 5.95 Å². The van der Waals surface area contributed by atoms with Gasteiger partial charge >= 0.3 is 12.3 Å². The molecule has 0 saturated heterocycles. The molecule has 2 heterocycles. The number of hydrogen-bond acceptors (Lipinski definition) is 6. The SMILES string of the molecule is Cn1c(Nc2nc3ccc(OC(F)(F)F)cc3s2)nc2ccc(CCCCCCCCCC(=O)O)cc21. The zero-order chi connectivity index (χ0) is 26.4. The van der Waals surface area contributed by atoms with Gasteiger partial charge in [-0.3, -0.25) is 4.79 Å². The number of aliphatic carboxylic acids is 1. The van der Waals surface area contributed by atoms with E-state index in [1.807, 2.05) is 17.7 Å². The fraction of sp³-hybridized carbons (Fsp3) is 0.423. The van der Waals surface area contributed by atoms with E-state index in [1.54, 1.807) is 0 Å². The van der Waals surface area contributed by atoms with Crippen LogP contribution in [-0.4, -0.2) is 32.0 Å². The van der Waals surface area contributed by atoms with E-state index >= 15 is 0 Å². The van der Waals surface area contributed by atoms with Crippen molar-refractivity contribution in [3.05, 3.63) is 42.0 Å². The predicted octanol–water partition coefficient (Wildman–Crippen LogP) is 7.57. The van der Waals surface area contributed by atoms with Crippen molar-refractivity contribution in [2.24, 2.45) is 7.05 Å². The van der Waals surface area contributed by atoms with E-state index < -0.39 is 12.3 Å². The molecule has 0 radical (unpaired) electrons. The lowest BCUT2D eigenvalue weighted by Gasteiger charge is -2.07. The maximum absolute atomic E-state index is 12.5. The Morgan fingerprint density at radius 2 is 1.70 bits per heavy atom. The number of fused-ring (bicyclic) bond motifs is 2. The van der Waals surface area contributed by atoms with Crippen LogP contribution in [0.3, 0.4) is 0 Å². The molecule has 0 aliphatic heterocycles. The normalized spacial score (nSPS) is 11.9. The average molecular weight is 535 g/mol. The fourth-order valence-corrected chi connectivity index (χ4v) is 5.13. The number of alkyl halides is 3. The molecule has 0 atom stereocenters. The molecule has 4 rings (SSSR count). The summed E-state index contributed by atoms with van der Waals surface area (Å²) in [6, 6.07) is 10.3. The molecule has 0 fully saturated rings. The fourth-order valence-electron chi connectivity index (χ4n) is 4.24. The number of carbonyl (C=O) groups is 1. The molecule has 37 heavy (non-hydrogen) atoms. The highest BCUT2D eigenvalue weighted by Gasteiger charge is 2.31. The maximum atomic E-state index is 12.5. The molecule has 0 amide bonds. The third-order valence-electron chi connectivity index (χ3n) is 6.11. The van der Waals surface area contributed by atoms with Crippen LogP contribution in [0.15, 0.2) is 36.4 Å². The van der Waals surface area contributed by atoms with Gasteiger partial charge in [0, 0.05) is 19.5 Å². The smallest absolute Gasteiger partial charge is 0.481 e. The minimum Gasteiger partial charge on any atom is -0.481 e. The van der Waals surface area contributed by atoms with Crippen molar-refractivity contribution in [2.75, 3.05) is 5.32 Å². The van der Waals surface area contributed by atoms with Crippen molar-refractivity contribution in [3.63, 3.8) is 0 Å². The second-order valence-electron chi connectivity index (χ2n) is 9.01. The number of aromatic nitrogens is 3. The Labute approximate surface area is 216 Å². The zero-order valence-corrected chi connectivity index (χ0v) is 21.3. The van der Waals surface area contributed by atoms with Gasteiger partial charge in [-0.05, 0) is 49.1 Å². The Kier molecular flexibility index (Phi) is 8.52. The Bertz CT molecular complexity index is 1370. The standard InChI is InChI=1S/C26H29F3N4O3S/c1-33-21-15-17(9-7-5-3-2-4-6-8-10-23(34)35)11-13-19(21)30-24(33)32-25-31-20-14-12-18(16-22(20)37-25)36-26(27,28)29/h11-16H,2-10H2,1H3,(H,34,35)(H,30,31,32). The largest absolute Gasteiger partial charge is 0.573 e. The van der Waals surface area contributed by atoms with Crippen LogP contribution < -0.4 is 10.1 Å². The third kappa shape index (κ3) is 7.58. The van der Waals surface area contributed by atoms with Crippen molar-refractivity contribution in [1.82, 2.24) is 14.5 Å². The molecule has 0 unspecified atom stereocenters. The first kappa shape index (κ1) is 26.7. The summed E-state index contributed by atoms with van der Waals surface area (Å²) in [5.74, 6) is -0.399. The minimum atomic E-state index is -4.74. The number of rotatable bonds is 13. The Balaban J connectivity index is 1.32. The van der Waals surface area contributed by atoms with Crippen molar-refractivity contribution >= 4 is 49.6 Å². The zero-order valence-electron chi connectivity index (χ0n) is 20.5. The lowest BCUT2D eigenvalue weighted by Crippen LogP contribution is -2.16. The first-order valence-electron chi connectivity index (χ1n) is 12.3. The van der Waals surface area contributed by atoms with Gasteiger partial charge in [0.05, 0.1) is 21.3 Å². The first-order chi connectivity index (χ1) is 17.7. The molecule has 11 heteroatoms. The molecular formula is C26H29F3N4O3S. The van der Waals surface area contributed by atoms with Crippen LogP contribution in [0.2, 0.25) is 0 Å². The van der Waals surface area contributed by atoms with Crippen molar-refractivity contribution < 1.29 is 27.8 Å². The summed E-state index contributed by atoms with van der Waals surface area (Å²) in [5.41, 5.74) is 3.64. The highest BCUT2D eigenvalue weighted by atomic mass is 32.1. The second-order valence-corrected chi connectivity index (χ2v) is 10.0. The van der Waals surface area contributed by atoms with Crippen LogP contribution in [0, 0.1) is 0 Å². The van der Waals surface area contributed by atoms with E-state index in [-0.39, 0.29) is 12.2 Å². The number of ether oxygens (including phenoxy) is 1. The summed E-state index contributed by atoms with van der Waals surface area (Å²) >= 11 is 1.23. The Morgan fingerprint density at radius 3 is 2.43 bits per heavy atom. The molecule has 0 aliphatic carbocycles. The number of unbranched alkanes of at least 4 members (excludes halogenated alkanes) is 6. The van der Waals surface area contributed by atoms with Gasteiger partial charge in [-0.25, -0.2) is 9.97 Å². The quantitative estimate of drug-likeness (QED) is 0.172. The van der Waals surface area contributed by atoms with Gasteiger partial charge in [-0.1, -0.05) is 49.5 Å². The lowest BCUT2D eigenvalue weighted by atomic mass is 10.0. The van der Waals surface area contributed by atoms with E-state index in [0.29, 0.717) is 21.3 Å². The molecule has 0 aliphatic rings. The van der Waals surface area contributed by atoms with Gasteiger partial charge < -0.3 is 19.7 Å². The van der Waals surface area contributed by atoms with Gasteiger partial charge in [-0.2, -0.15) is 0 Å². The molecule has 198 valence electrons. The predicted molar refractivity (Wildman–Crippen MR) is 139 cm³/mol. The number of halogens is 3. The number of aryl methyl sites for hydroxylation is 2. The summed E-state index contributed by atoms with van der Waals surface area (Å²) in [6.45, 7) is 0. The number of nitrogens with one attached hydrogen (secondary N) is 1.